The molecule has 3 atom stereocenters. The van der Waals surface area contributed by atoms with Crippen LogP contribution in [-0.2, 0) is 30.7 Å². The quantitative estimate of drug-likeness (QED) is 0.114. The van der Waals surface area contributed by atoms with Crippen LogP contribution < -0.4 is 4.74 Å². The lowest BCUT2D eigenvalue weighted by Gasteiger charge is -2.45. The van der Waals surface area contributed by atoms with Gasteiger partial charge in [-0.1, -0.05) is 135 Å². The van der Waals surface area contributed by atoms with Gasteiger partial charge in [0.1, 0.15) is 11.9 Å². The maximum absolute atomic E-state index is 11.5. The van der Waals surface area contributed by atoms with Crippen LogP contribution in [0.1, 0.15) is 181 Å². The first-order chi connectivity index (χ1) is 23.1. The van der Waals surface area contributed by atoms with E-state index in [9.17, 15) is 24.7 Å². The maximum Gasteiger partial charge on any atom is 0.327 e. The van der Waals surface area contributed by atoms with Crippen molar-refractivity contribution in [2.45, 2.75) is 163 Å². The van der Waals surface area contributed by atoms with E-state index in [0.29, 0.717) is 11.7 Å². The van der Waals surface area contributed by atoms with E-state index in [4.69, 9.17) is 13.8 Å². The van der Waals surface area contributed by atoms with Crippen molar-refractivity contribution in [3.63, 3.8) is 0 Å². The van der Waals surface area contributed by atoms with Gasteiger partial charge in [0.05, 0.1) is 25.2 Å². The van der Waals surface area contributed by atoms with Crippen molar-refractivity contribution in [2.75, 3.05) is 19.8 Å². The molecule has 0 amide bonds. The third kappa shape index (κ3) is 11.7. The van der Waals surface area contributed by atoms with E-state index in [1.807, 2.05) is 0 Å². The predicted octanol–water partition coefficient (Wildman–Crippen LogP) is 10.5. The highest BCUT2D eigenvalue weighted by atomic mass is 31.2. The summed E-state index contributed by atoms with van der Waals surface area (Å²) in [5, 5.41) is 11.5. The van der Waals surface area contributed by atoms with Gasteiger partial charge in [-0.25, -0.2) is 0 Å². The molecule has 51 heavy (non-hydrogen) atoms. The monoisotopic (exact) mass is 752 g/mol. The summed E-state index contributed by atoms with van der Waals surface area (Å²) in [6.07, 6.45) is 0.925. The van der Waals surface area contributed by atoms with Gasteiger partial charge in [0.15, 0.2) is 0 Å². The van der Waals surface area contributed by atoms with E-state index in [1.165, 1.54) is 11.1 Å². The van der Waals surface area contributed by atoms with E-state index in [-0.39, 0.29) is 16.7 Å². The lowest BCUT2D eigenvalue weighted by atomic mass is 9.68. The van der Waals surface area contributed by atoms with Crippen LogP contribution in [0.4, 0.5) is 0 Å². The van der Waals surface area contributed by atoms with Crippen LogP contribution in [0.2, 0.25) is 0 Å². The smallest absolute Gasteiger partial charge is 0.327 e. The number of ether oxygens (including phenoxy) is 1. The van der Waals surface area contributed by atoms with Crippen LogP contribution in [0.5, 0.6) is 5.75 Å². The summed E-state index contributed by atoms with van der Waals surface area (Å²) in [6, 6.07) is 8.98. The molecule has 0 aliphatic rings. The van der Waals surface area contributed by atoms with Gasteiger partial charge in [-0.2, -0.15) is 0 Å². The zero-order chi connectivity index (χ0) is 39.5. The summed E-state index contributed by atoms with van der Waals surface area (Å²) in [5.74, 6) is 1.27. The first-order valence-electron chi connectivity index (χ1n) is 18.4. The van der Waals surface area contributed by atoms with Crippen molar-refractivity contribution in [1.82, 2.24) is 0 Å². The van der Waals surface area contributed by atoms with Gasteiger partial charge < -0.3 is 38.5 Å². The molecule has 3 unspecified atom stereocenters. The van der Waals surface area contributed by atoms with Crippen LogP contribution >= 0.6 is 17.2 Å². The van der Waals surface area contributed by atoms with Gasteiger partial charge >= 0.3 is 17.2 Å². The van der Waals surface area contributed by atoms with Gasteiger partial charge in [-0.05, 0) is 68.6 Å². The Balaban J connectivity index is 3.40. The zero-order valence-electron chi connectivity index (χ0n) is 34.4. The molecule has 0 bridgehead atoms. The lowest BCUT2D eigenvalue weighted by Crippen LogP contribution is -2.46. The van der Waals surface area contributed by atoms with Crippen LogP contribution in [0.15, 0.2) is 24.3 Å². The molecule has 0 aliphatic carbocycles. The largest absolute Gasteiger partial charge is 0.484 e. The predicted molar refractivity (Wildman–Crippen MR) is 213 cm³/mol. The van der Waals surface area contributed by atoms with E-state index >= 15 is 0 Å². The number of aliphatic hydroxyl groups excluding tert-OH is 1. The van der Waals surface area contributed by atoms with E-state index in [2.05, 4.69) is 135 Å². The fourth-order valence-electron chi connectivity index (χ4n) is 6.48. The number of hydrogen-bond donors (Lipinski definition) is 5. The Hall–Kier alpha value is -1.18. The Kier molecular flexibility index (Phi) is 15.8. The third-order valence-corrected chi connectivity index (χ3v) is 10.9. The molecule has 0 saturated heterocycles. The molecule has 0 radical (unpaired) electrons. The summed E-state index contributed by atoms with van der Waals surface area (Å²) in [6.45, 7) is 33.4. The molecule has 0 aliphatic heterocycles. The molecule has 0 saturated carbocycles. The Morgan fingerprint density at radius 2 is 0.882 bits per heavy atom. The SMILES string of the molecule is CCC(C)c1cc(C(C)(C)C)c(OC(c2c(C(C)(C)C)cc(C(C)CC)cc2C(C)(C)C)C(CO)(COP(O)O)COP(O)O)c(C(C)(C)C)c1. The van der Waals surface area contributed by atoms with Gasteiger partial charge in [-0.15, -0.1) is 0 Å². The second-order valence-corrected chi connectivity index (χ2v) is 20.2. The number of hydrogen-bond acceptors (Lipinski definition) is 8. The van der Waals surface area contributed by atoms with Crippen molar-refractivity contribution in [3.05, 3.63) is 63.2 Å². The fourth-order valence-corrected chi connectivity index (χ4v) is 7.22. The van der Waals surface area contributed by atoms with Gasteiger partial charge in [0, 0.05) is 16.7 Å². The first kappa shape index (κ1) is 46.0. The minimum absolute atomic E-state index is 0.280. The molecule has 8 nitrogen and oxygen atoms in total. The molecule has 292 valence electrons. The van der Waals surface area contributed by atoms with Crippen molar-refractivity contribution >= 4 is 17.2 Å². The second-order valence-electron chi connectivity index (χ2n) is 18.7. The Bertz CT molecular complexity index is 1350. The van der Waals surface area contributed by atoms with Crippen molar-refractivity contribution in [1.29, 1.82) is 0 Å². The van der Waals surface area contributed by atoms with Gasteiger partial charge in [0.2, 0.25) is 0 Å². The number of benzene rings is 2. The molecule has 0 fully saturated rings. The molecule has 2 aromatic rings. The molecule has 0 spiro atoms. The van der Waals surface area contributed by atoms with Crippen molar-refractivity contribution < 1.29 is 38.5 Å². The average molecular weight is 753 g/mol. The van der Waals surface area contributed by atoms with Gasteiger partial charge in [0.25, 0.3) is 0 Å². The second kappa shape index (κ2) is 17.5. The summed E-state index contributed by atoms with van der Waals surface area (Å²) >= 11 is 0. The minimum atomic E-state index is -2.83. The molecule has 5 N–H and O–H groups in total. The maximum atomic E-state index is 11.5. The van der Waals surface area contributed by atoms with Crippen LogP contribution in [0.3, 0.4) is 0 Å². The van der Waals surface area contributed by atoms with E-state index < -0.39 is 59.4 Å². The first-order valence-corrected chi connectivity index (χ1v) is 20.7. The Morgan fingerprint density at radius 1 is 0.569 bits per heavy atom. The lowest BCUT2D eigenvalue weighted by molar-refractivity contribution is -0.0674. The highest BCUT2D eigenvalue weighted by Crippen LogP contribution is 2.52. The molecular formula is C41H70O8P2. The van der Waals surface area contributed by atoms with E-state index in [0.717, 1.165) is 40.7 Å². The third-order valence-electron chi connectivity index (χ3n) is 10.2. The standard InChI is InChI=1S/C41H70O8P2/c1-17-26(3)28-19-30(37(5,6)7)34(31(20-28)38(8,9)10)36(41(23-42,24-47-50(43)44)25-48-51(45)46)49-35-32(39(11,12)13)21-29(27(4)18-2)22-33(35)40(14,15)16/h19-22,26-27,36,42-46H,17-18,23-25H2,1-16H3. The molecule has 10 heteroatoms. The highest BCUT2D eigenvalue weighted by Gasteiger charge is 2.48. The average Bonchev–Trinajstić information content (AvgIpc) is 3.00. The molecular weight excluding hydrogens is 682 g/mol. The molecule has 2 rings (SSSR count). The number of aliphatic hydroxyl groups is 1. The summed E-state index contributed by atoms with van der Waals surface area (Å²) in [5.41, 5.74) is 4.29. The number of rotatable bonds is 15. The fraction of sp³-hybridized carbons (Fsp3) is 0.707. The molecule has 0 heterocycles. The topological polar surface area (TPSA) is 129 Å². The summed E-state index contributed by atoms with van der Waals surface area (Å²) < 4.78 is 18.7. The minimum Gasteiger partial charge on any atom is -0.484 e. The Labute approximate surface area is 312 Å². The molecule has 0 aromatic heterocycles. The highest BCUT2D eigenvalue weighted by molar-refractivity contribution is 7.39. The summed E-state index contributed by atoms with van der Waals surface area (Å²) in [7, 11) is -5.66. The Morgan fingerprint density at radius 3 is 1.14 bits per heavy atom. The van der Waals surface area contributed by atoms with Crippen molar-refractivity contribution in [3.8, 4) is 5.75 Å². The molecule has 2 aromatic carbocycles. The summed E-state index contributed by atoms with van der Waals surface area (Å²) in [4.78, 5) is 40.3. The zero-order valence-corrected chi connectivity index (χ0v) is 36.2. The van der Waals surface area contributed by atoms with Crippen molar-refractivity contribution in [2.24, 2.45) is 5.41 Å². The van der Waals surface area contributed by atoms with Gasteiger partial charge in [-0.3, -0.25) is 0 Å². The van der Waals surface area contributed by atoms with E-state index in [1.54, 1.807) is 0 Å². The van der Waals surface area contributed by atoms with Crippen LogP contribution in [0.25, 0.3) is 0 Å². The normalized spacial score (nSPS) is 15.4. The van der Waals surface area contributed by atoms with Crippen LogP contribution in [-0.4, -0.2) is 44.5 Å². The van der Waals surface area contributed by atoms with Crippen LogP contribution in [0, 0.1) is 5.41 Å².